The molecule has 2 aromatic rings. The molecule has 0 radical (unpaired) electrons. The normalized spacial score (nSPS) is 19.5. The van der Waals surface area contributed by atoms with Crippen LogP contribution in [0.4, 0.5) is 0 Å². The molecule has 0 N–H and O–H groups in total. The predicted molar refractivity (Wildman–Crippen MR) is 89.9 cm³/mol. The molecular weight excluding hydrogens is 419 g/mol. The molecule has 1 aliphatic heterocycles. The Labute approximate surface area is 151 Å². The summed E-state index contributed by atoms with van der Waals surface area (Å²) in [6.07, 6.45) is -0.213. The SMILES string of the molecule is CC1(C)OC([c-]2cccc2)OC1(C)C.I[c-]1cccc1.[Fe+2]. The Kier molecular flexibility index (Phi) is 6.69. The molecule has 3 rings (SSSR count). The van der Waals surface area contributed by atoms with Crippen LogP contribution in [-0.2, 0) is 26.5 Å². The molecule has 0 spiro atoms. The summed E-state index contributed by atoms with van der Waals surface area (Å²) < 4.78 is 13.1. The van der Waals surface area contributed by atoms with Crippen molar-refractivity contribution in [3.8, 4) is 0 Å². The minimum atomic E-state index is -0.241. The van der Waals surface area contributed by atoms with Gasteiger partial charge in [0.05, 0.1) is 11.2 Å². The third-order valence-corrected chi connectivity index (χ3v) is 4.56. The molecule has 0 amide bonds. The first kappa shape index (κ1) is 18.9. The first-order valence-corrected chi connectivity index (χ1v) is 7.84. The summed E-state index contributed by atoms with van der Waals surface area (Å²) in [5.41, 5.74) is 0.618. The van der Waals surface area contributed by atoms with Gasteiger partial charge in [-0.2, -0.15) is 24.3 Å². The summed E-state index contributed by atoms with van der Waals surface area (Å²) in [6.45, 7) is 8.26. The largest absolute Gasteiger partial charge is 2.00 e. The summed E-state index contributed by atoms with van der Waals surface area (Å²) in [4.78, 5) is 0. The molecule has 1 aliphatic rings. The van der Waals surface area contributed by atoms with Gasteiger partial charge in [0.25, 0.3) is 0 Å². The van der Waals surface area contributed by atoms with Crippen molar-refractivity contribution < 1.29 is 26.5 Å². The van der Waals surface area contributed by atoms with Gasteiger partial charge in [-0.05, 0) is 27.7 Å². The number of hydrogen-bond donors (Lipinski definition) is 0. The van der Waals surface area contributed by atoms with Gasteiger partial charge in [0.15, 0.2) is 0 Å². The van der Waals surface area contributed by atoms with E-state index in [4.69, 9.17) is 9.47 Å². The van der Waals surface area contributed by atoms with Gasteiger partial charge >= 0.3 is 17.1 Å². The smallest absolute Gasteiger partial charge is 0.350 e. The zero-order valence-corrected chi connectivity index (χ0v) is 16.0. The third kappa shape index (κ3) is 4.67. The third-order valence-electron chi connectivity index (χ3n) is 3.84. The van der Waals surface area contributed by atoms with E-state index in [9.17, 15) is 0 Å². The van der Waals surface area contributed by atoms with Gasteiger partial charge < -0.3 is 9.47 Å². The molecule has 116 valence electrons. The summed E-state index contributed by atoms with van der Waals surface area (Å²) >= 11 is 2.28. The average Bonchev–Trinajstić information content (AvgIpc) is 3.02. The molecule has 1 saturated heterocycles. The Hall–Kier alpha value is -0.131. The Bertz CT molecular complexity index is 499. The molecule has 1 fully saturated rings. The van der Waals surface area contributed by atoms with E-state index < -0.39 is 0 Å². The zero-order chi connectivity index (χ0) is 14.8. The minimum absolute atomic E-state index is 0. The van der Waals surface area contributed by atoms with E-state index in [1.165, 1.54) is 3.57 Å². The van der Waals surface area contributed by atoms with Crippen molar-refractivity contribution in [3.63, 3.8) is 0 Å². The average molecular weight is 440 g/mol. The van der Waals surface area contributed by atoms with Crippen LogP contribution in [0, 0.1) is 3.57 Å². The van der Waals surface area contributed by atoms with Gasteiger partial charge in [0.1, 0.15) is 6.29 Å². The second kappa shape index (κ2) is 7.42. The van der Waals surface area contributed by atoms with Gasteiger partial charge in [-0.15, -0.1) is 28.2 Å². The first-order chi connectivity index (χ1) is 9.32. The number of rotatable bonds is 1. The van der Waals surface area contributed by atoms with Crippen molar-refractivity contribution in [2.24, 2.45) is 0 Å². The van der Waals surface area contributed by atoms with E-state index in [0.717, 1.165) is 5.56 Å². The second-order valence-corrected chi connectivity index (χ2v) is 7.16. The van der Waals surface area contributed by atoms with Crippen LogP contribution in [0.1, 0.15) is 39.5 Å². The van der Waals surface area contributed by atoms with Crippen LogP contribution in [-0.4, -0.2) is 11.2 Å². The summed E-state index contributed by atoms with van der Waals surface area (Å²) in [6, 6.07) is 16.3. The Morgan fingerprint density at radius 1 is 0.810 bits per heavy atom. The van der Waals surface area contributed by atoms with Gasteiger partial charge in [-0.3, -0.25) is 0 Å². The molecule has 0 bridgehead atoms. The molecular formula is C17H21FeIO2. The van der Waals surface area contributed by atoms with E-state index in [2.05, 4.69) is 62.4 Å². The molecule has 1 heterocycles. The summed E-state index contributed by atoms with van der Waals surface area (Å²) in [5, 5.41) is 0. The topological polar surface area (TPSA) is 18.5 Å². The maximum absolute atomic E-state index is 5.89. The van der Waals surface area contributed by atoms with Crippen LogP contribution in [0.2, 0.25) is 0 Å². The number of hydrogen-bond acceptors (Lipinski definition) is 2. The van der Waals surface area contributed by atoms with Crippen molar-refractivity contribution in [2.45, 2.75) is 45.2 Å². The van der Waals surface area contributed by atoms with Gasteiger partial charge in [-0.1, -0.05) is 3.57 Å². The van der Waals surface area contributed by atoms with Crippen molar-refractivity contribution in [1.29, 1.82) is 0 Å². The fourth-order valence-corrected chi connectivity index (χ4v) is 2.29. The second-order valence-electron chi connectivity index (χ2n) is 5.91. The van der Waals surface area contributed by atoms with Crippen molar-refractivity contribution in [3.05, 3.63) is 57.7 Å². The van der Waals surface area contributed by atoms with E-state index in [1.54, 1.807) is 0 Å². The maximum Gasteiger partial charge on any atom is 2.00 e. The van der Waals surface area contributed by atoms with E-state index in [0.29, 0.717) is 0 Å². The van der Waals surface area contributed by atoms with Crippen molar-refractivity contribution in [2.75, 3.05) is 0 Å². The van der Waals surface area contributed by atoms with Gasteiger partial charge in [0.2, 0.25) is 0 Å². The van der Waals surface area contributed by atoms with Crippen LogP contribution >= 0.6 is 22.6 Å². The molecule has 0 unspecified atom stereocenters. The van der Waals surface area contributed by atoms with E-state index in [-0.39, 0.29) is 34.6 Å². The molecule has 2 nitrogen and oxygen atoms in total. The molecule has 0 saturated carbocycles. The van der Waals surface area contributed by atoms with Crippen molar-refractivity contribution >= 4 is 22.6 Å². The Balaban J connectivity index is 0.000000267. The molecule has 4 heteroatoms. The van der Waals surface area contributed by atoms with E-state index in [1.807, 2.05) is 36.4 Å². The van der Waals surface area contributed by atoms with Crippen LogP contribution in [0.25, 0.3) is 0 Å². The van der Waals surface area contributed by atoms with Crippen LogP contribution in [0.15, 0.2) is 48.5 Å². The number of ether oxygens (including phenoxy) is 2. The molecule has 0 aromatic heterocycles. The summed E-state index contributed by atoms with van der Waals surface area (Å²) in [7, 11) is 0. The maximum atomic E-state index is 5.89. The zero-order valence-electron chi connectivity index (χ0n) is 12.7. The molecule has 0 atom stereocenters. The fourth-order valence-electron chi connectivity index (χ4n) is 1.88. The predicted octanol–water partition coefficient (Wildman–Crippen LogP) is 5.02. The van der Waals surface area contributed by atoms with Gasteiger partial charge in [-0.25, -0.2) is 24.3 Å². The van der Waals surface area contributed by atoms with Gasteiger partial charge in [0, 0.05) is 0 Å². The quantitative estimate of drug-likeness (QED) is 0.353. The summed E-state index contributed by atoms with van der Waals surface area (Å²) in [5.74, 6) is 0. The minimum Gasteiger partial charge on any atom is -0.350 e. The standard InChI is InChI=1S/C12H17O2.C5H4I.Fe/c1-11(2)12(3,4)14-10(13-11)9-7-5-6-8-9;6-5-3-1-2-4-5;/h5-8,10H,1-4H3;1-4H;/q2*-1;+2. The van der Waals surface area contributed by atoms with E-state index >= 15 is 0 Å². The van der Waals surface area contributed by atoms with Crippen LogP contribution in [0.3, 0.4) is 0 Å². The molecule has 2 aromatic carbocycles. The first-order valence-electron chi connectivity index (χ1n) is 6.76. The van der Waals surface area contributed by atoms with Crippen molar-refractivity contribution in [1.82, 2.24) is 0 Å². The van der Waals surface area contributed by atoms with Crippen LogP contribution in [0.5, 0.6) is 0 Å². The molecule has 0 aliphatic carbocycles. The Morgan fingerprint density at radius 2 is 1.19 bits per heavy atom. The monoisotopic (exact) mass is 440 g/mol. The van der Waals surface area contributed by atoms with Crippen LogP contribution < -0.4 is 0 Å². The Morgan fingerprint density at radius 3 is 1.52 bits per heavy atom. The molecule has 21 heavy (non-hydrogen) atoms. The fraction of sp³-hybridized carbons (Fsp3) is 0.412. The number of halogens is 1.